The van der Waals surface area contributed by atoms with Gasteiger partial charge in [0.2, 0.25) is 0 Å². The van der Waals surface area contributed by atoms with Crippen LogP contribution in [0.5, 0.6) is 0 Å². The summed E-state index contributed by atoms with van der Waals surface area (Å²) >= 11 is 1.16. The van der Waals surface area contributed by atoms with E-state index >= 15 is 0 Å². The van der Waals surface area contributed by atoms with Crippen molar-refractivity contribution in [1.29, 1.82) is 0 Å². The molecule has 8 heteroatoms. The molecule has 4 rings (SSSR count). The Labute approximate surface area is 191 Å². The summed E-state index contributed by atoms with van der Waals surface area (Å²) in [5.41, 5.74) is 2.64. The molecule has 0 saturated carbocycles. The fourth-order valence-electron chi connectivity index (χ4n) is 3.99. The lowest BCUT2D eigenvalue weighted by atomic mass is 10.00. The molecule has 1 aliphatic heterocycles. The molecule has 1 aliphatic rings. The third-order valence-corrected chi connectivity index (χ3v) is 9.14. The van der Waals surface area contributed by atoms with Crippen LogP contribution in [-0.2, 0) is 21.4 Å². The molecule has 1 unspecified atom stereocenters. The first-order valence-electron chi connectivity index (χ1n) is 10.2. The van der Waals surface area contributed by atoms with Crippen molar-refractivity contribution in [1.82, 2.24) is 4.31 Å². The predicted molar refractivity (Wildman–Crippen MR) is 123 cm³/mol. The summed E-state index contributed by atoms with van der Waals surface area (Å²) in [6, 6.07) is 17.1. The highest BCUT2D eigenvalue weighted by atomic mass is 32.2. The number of nitrogens with zero attached hydrogens (tertiary/aromatic N) is 1. The topological polar surface area (TPSA) is 91.8 Å². The molecule has 0 spiro atoms. The molecule has 0 fully saturated rings. The molecule has 166 valence electrons. The van der Waals surface area contributed by atoms with Crippen LogP contribution in [0.15, 0.2) is 64.9 Å². The Balaban J connectivity index is 1.60. The molecule has 1 atom stereocenters. The molecule has 6 nitrogen and oxygen atoms in total. The van der Waals surface area contributed by atoms with Gasteiger partial charge in [-0.1, -0.05) is 68.4 Å². The molecule has 3 aromatic rings. The number of thiophene rings is 1. The van der Waals surface area contributed by atoms with Crippen LogP contribution in [-0.4, -0.2) is 42.0 Å². The Morgan fingerprint density at radius 3 is 2.22 bits per heavy atom. The standard InChI is InChI=1S/C24H23NO5S2/c1-15(2)22(20(27)14-26)25-13-19-12-21(31-24(19)32(25,29)30)16-8-10-18(11-9-16)23(28)17-6-4-3-5-7-17/h3-12,15,22,26H,13-14H2,1-2H3. The second kappa shape index (κ2) is 8.71. The molecule has 0 bridgehead atoms. The number of hydrogen-bond acceptors (Lipinski definition) is 6. The highest BCUT2D eigenvalue weighted by Crippen LogP contribution is 2.43. The number of Topliss-reactive ketones (excluding diaryl/α,β-unsaturated/α-hetero) is 1. The molecule has 0 saturated heterocycles. The number of aliphatic hydroxyl groups excluding tert-OH is 1. The van der Waals surface area contributed by atoms with E-state index in [4.69, 9.17) is 0 Å². The Hall–Kier alpha value is -2.65. The predicted octanol–water partition coefficient (Wildman–Crippen LogP) is 3.74. The minimum atomic E-state index is -3.82. The summed E-state index contributed by atoms with van der Waals surface area (Å²) in [5.74, 6) is -0.831. The van der Waals surface area contributed by atoms with Gasteiger partial charge in [-0.15, -0.1) is 11.3 Å². The zero-order valence-corrected chi connectivity index (χ0v) is 19.3. The van der Waals surface area contributed by atoms with Crippen molar-refractivity contribution in [2.24, 2.45) is 5.92 Å². The van der Waals surface area contributed by atoms with Crippen LogP contribution >= 0.6 is 11.3 Å². The van der Waals surface area contributed by atoms with Crippen LogP contribution < -0.4 is 0 Å². The lowest BCUT2D eigenvalue weighted by Crippen LogP contribution is -2.46. The van der Waals surface area contributed by atoms with Crippen molar-refractivity contribution in [2.45, 2.75) is 30.6 Å². The Kier molecular flexibility index (Phi) is 6.13. The first kappa shape index (κ1) is 22.5. The van der Waals surface area contributed by atoms with Gasteiger partial charge < -0.3 is 5.11 Å². The van der Waals surface area contributed by atoms with E-state index in [2.05, 4.69) is 0 Å². The van der Waals surface area contributed by atoms with Gasteiger partial charge in [0.1, 0.15) is 10.8 Å². The minimum Gasteiger partial charge on any atom is -0.389 e. The molecule has 0 amide bonds. The third kappa shape index (κ3) is 3.95. The SMILES string of the molecule is CC(C)C(C(=O)CO)N1Cc2cc(-c3ccc(C(=O)c4ccccc4)cc3)sc2S1(=O)=O. The van der Waals surface area contributed by atoms with Gasteiger partial charge in [0.25, 0.3) is 10.0 Å². The summed E-state index contributed by atoms with van der Waals surface area (Å²) in [5, 5.41) is 9.29. The molecule has 2 heterocycles. The summed E-state index contributed by atoms with van der Waals surface area (Å²) in [6.07, 6.45) is 0. The van der Waals surface area contributed by atoms with Gasteiger partial charge >= 0.3 is 0 Å². The van der Waals surface area contributed by atoms with E-state index in [9.17, 15) is 23.1 Å². The van der Waals surface area contributed by atoms with Crippen LogP contribution in [0, 0.1) is 5.92 Å². The lowest BCUT2D eigenvalue weighted by Gasteiger charge is -2.27. The number of sulfonamides is 1. The van der Waals surface area contributed by atoms with Gasteiger partial charge in [0, 0.05) is 22.5 Å². The van der Waals surface area contributed by atoms with E-state index < -0.39 is 28.5 Å². The second-order valence-corrected chi connectivity index (χ2v) is 11.2. The second-order valence-electron chi connectivity index (χ2n) is 8.06. The lowest BCUT2D eigenvalue weighted by molar-refractivity contribution is -0.126. The largest absolute Gasteiger partial charge is 0.389 e. The van der Waals surface area contributed by atoms with E-state index in [1.807, 2.05) is 36.4 Å². The van der Waals surface area contributed by atoms with E-state index in [0.29, 0.717) is 16.7 Å². The van der Waals surface area contributed by atoms with Crippen molar-refractivity contribution in [3.05, 3.63) is 77.4 Å². The molecule has 2 aromatic carbocycles. The van der Waals surface area contributed by atoms with Crippen molar-refractivity contribution in [3.8, 4) is 10.4 Å². The summed E-state index contributed by atoms with van der Waals surface area (Å²) < 4.78 is 27.7. The van der Waals surface area contributed by atoms with Crippen molar-refractivity contribution in [2.75, 3.05) is 6.61 Å². The fraction of sp³-hybridized carbons (Fsp3) is 0.250. The van der Waals surface area contributed by atoms with E-state index in [-0.39, 0.29) is 22.5 Å². The Morgan fingerprint density at radius 2 is 1.66 bits per heavy atom. The maximum Gasteiger partial charge on any atom is 0.253 e. The highest BCUT2D eigenvalue weighted by Gasteiger charge is 2.44. The van der Waals surface area contributed by atoms with Gasteiger partial charge in [-0.2, -0.15) is 4.31 Å². The minimum absolute atomic E-state index is 0.0719. The molecular weight excluding hydrogens is 446 g/mol. The van der Waals surface area contributed by atoms with Gasteiger partial charge in [-0.3, -0.25) is 9.59 Å². The Morgan fingerprint density at radius 1 is 1.03 bits per heavy atom. The van der Waals surface area contributed by atoms with Gasteiger partial charge in [-0.25, -0.2) is 8.42 Å². The number of carbonyl (C=O) groups excluding carboxylic acids is 2. The van der Waals surface area contributed by atoms with Gasteiger partial charge in [0.05, 0.1) is 6.04 Å². The monoisotopic (exact) mass is 469 g/mol. The number of rotatable bonds is 7. The zero-order chi connectivity index (χ0) is 23.0. The van der Waals surface area contributed by atoms with Crippen molar-refractivity contribution >= 4 is 32.9 Å². The van der Waals surface area contributed by atoms with Crippen LogP contribution in [0.4, 0.5) is 0 Å². The number of ketones is 2. The van der Waals surface area contributed by atoms with E-state index in [0.717, 1.165) is 21.8 Å². The first-order chi connectivity index (χ1) is 15.2. The summed E-state index contributed by atoms with van der Waals surface area (Å²) in [6.45, 7) is 2.95. The first-order valence-corrected chi connectivity index (χ1v) is 12.5. The normalized spacial score (nSPS) is 16.1. The maximum absolute atomic E-state index is 13.2. The number of carbonyl (C=O) groups is 2. The van der Waals surface area contributed by atoms with Crippen LogP contribution in [0.3, 0.4) is 0 Å². The highest BCUT2D eigenvalue weighted by molar-refractivity contribution is 7.91. The van der Waals surface area contributed by atoms with Crippen LogP contribution in [0.1, 0.15) is 35.3 Å². The molecule has 1 aromatic heterocycles. The molecule has 0 aliphatic carbocycles. The zero-order valence-electron chi connectivity index (χ0n) is 17.7. The van der Waals surface area contributed by atoms with Gasteiger partial charge in [-0.05, 0) is 23.1 Å². The average molecular weight is 470 g/mol. The summed E-state index contributed by atoms with van der Waals surface area (Å²) in [7, 11) is -3.82. The van der Waals surface area contributed by atoms with E-state index in [1.54, 1.807) is 38.1 Å². The molecule has 32 heavy (non-hydrogen) atoms. The third-order valence-electron chi connectivity index (χ3n) is 5.53. The number of benzene rings is 2. The quantitative estimate of drug-likeness (QED) is 0.532. The van der Waals surface area contributed by atoms with Crippen molar-refractivity contribution in [3.63, 3.8) is 0 Å². The van der Waals surface area contributed by atoms with E-state index in [1.165, 1.54) is 4.31 Å². The smallest absolute Gasteiger partial charge is 0.253 e. The maximum atomic E-state index is 13.2. The number of fused-ring (bicyclic) bond motifs is 1. The summed E-state index contributed by atoms with van der Waals surface area (Å²) in [4.78, 5) is 25.6. The van der Waals surface area contributed by atoms with Crippen LogP contribution in [0.2, 0.25) is 0 Å². The fourth-order valence-corrected chi connectivity index (χ4v) is 7.51. The average Bonchev–Trinajstić information content (AvgIpc) is 3.32. The molecule has 1 N–H and O–H groups in total. The molecule has 0 radical (unpaired) electrons. The molecular formula is C24H23NO5S2. The van der Waals surface area contributed by atoms with Gasteiger partial charge in [0.15, 0.2) is 11.6 Å². The number of aliphatic hydroxyl groups is 1. The number of hydrogen-bond donors (Lipinski definition) is 1. The van der Waals surface area contributed by atoms with Crippen LogP contribution in [0.25, 0.3) is 10.4 Å². The Bertz CT molecular complexity index is 1260. The van der Waals surface area contributed by atoms with Crippen molar-refractivity contribution < 1.29 is 23.1 Å².